The molecule has 3 nitrogen and oxygen atoms in total. The van der Waals surface area contributed by atoms with Crippen LogP contribution >= 0.6 is 0 Å². The van der Waals surface area contributed by atoms with Gasteiger partial charge in [0.05, 0.1) is 0 Å². The van der Waals surface area contributed by atoms with Crippen molar-refractivity contribution < 1.29 is 14.7 Å². The average Bonchev–Trinajstić information content (AvgIpc) is 2.05. The molecule has 4 fully saturated rings. The quantitative estimate of drug-likeness (QED) is 0.583. The summed E-state index contributed by atoms with van der Waals surface area (Å²) >= 11 is 0. The summed E-state index contributed by atoms with van der Waals surface area (Å²) in [7, 11) is 0. The van der Waals surface area contributed by atoms with Gasteiger partial charge in [0.1, 0.15) is 11.4 Å². The third-order valence-electron chi connectivity index (χ3n) is 3.94. The van der Waals surface area contributed by atoms with Crippen molar-refractivity contribution in [2.75, 3.05) is 0 Å². The lowest BCUT2D eigenvalue weighted by Gasteiger charge is -2.51. The third kappa shape index (κ3) is 0.784. The first-order valence-corrected chi connectivity index (χ1v) is 4.90. The predicted molar refractivity (Wildman–Crippen MR) is 43.9 cm³/mol. The van der Waals surface area contributed by atoms with Crippen molar-refractivity contribution in [2.24, 2.45) is 17.8 Å². The van der Waals surface area contributed by atoms with E-state index in [4.69, 9.17) is 0 Å². The third-order valence-corrected chi connectivity index (χ3v) is 3.94. The number of carbonyl (C=O) groups excluding carboxylic acids is 2. The van der Waals surface area contributed by atoms with Crippen molar-refractivity contribution in [3.63, 3.8) is 0 Å². The lowest BCUT2D eigenvalue weighted by molar-refractivity contribution is -0.174. The SMILES string of the molecule is O=C1C2CC3CC1CC(O)(C2)C3=O. The van der Waals surface area contributed by atoms with Gasteiger partial charge in [-0.25, -0.2) is 0 Å². The molecule has 2 atom stereocenters. The monoisotopic (exact) mass is 180 g/mol. The van der Waals surface area contributed by atoms with Crippen LogP contribution < -0.4 is 0 Å². The molecule has 4 saturated carbocycles. The fourth-order valence-electron chi connectivity index (χ4n) is 3.41. The molecule has 3 heteroatoms. The van der Waals surface area contributed by atoms with Crippen LogP contribution in [-0.2, 0) is 9.59 Å². The second-order valence-electron chi connectivity index (χ2n) is 4.77. The van der Waals surface area contributed by atoms with Crippen LogP contribution in [-0.4, -0.2) is 22.3 Å². The number of ketones is 2. The first-order valence-electron chi connectivity index (χ1n) is 4.90. The highest BCUT2D eigenvalue weighted by molar-refractivity contribution is 5.99. The molecule has 0 amide bonds. The molecule has 4 rings (SSSR count). The number of aliphatic hydroxyl groups is 1. The van der Waals surface area contributed by atoms with E-state index in [0.717, 1.165) is 0 Å². The van der Waals surface area contributed by atoms with Crippen LogP contribution in [0.2, 0.25) is 0 Å². The summed E-state index contributed by atoms with van der Waals surface area (Å²) in [6.45, 7) is 0. The minimum absolute atomic E-state index is 0.00694. The molecule has 1 N–H and O–H groups in total. The Balaban J connectivity index is 2.06. The highest BCUT2D eigenvalue weighted by Crippen LogP contribution is 2.51. The van der Waals surface area contributed by atoms with E-state index in [-0.39, 0.29) is 23.5 Å². The van der Waals surface area contributed by atoms with Crippen LogP contribution in [0.15, 0.2) is 0 Å². The Labute approximate surface area is 76.1 Å². The molecule has 0 aromatic rings. The molecule has 0 aliphatic heterocycles. The van der Waals surface area contributed by atoms with Crippen molar-refractivity contribution in [2.45, 2.75) is 31.3 Å². The van der Waals surface area contributed by atoms with Gasteiger partial charge in [0.2, 0.25) is 0 Å². The predicted octanol–water partition coefficient (Wildman–Crippen LogP) is 0.305. The Bertz CT molecular complexity index is 289. The summed E-state index contributed by atoms with van der Waals surface area (Å²) in [6, 6.07) is 0. The van der Waals surface area contributed by atoms with E-state index in [1.54, 1.807) is 0 Å². The lowest BCUT2D eigenvalue weighted by atomic mass is 9.53. The molecular weight excluding hydrogens is 168 g/mol. The Kier molecular flexibility index (Phi) is 1.20. The number of carbonyl (C=O) groups is 2. The van der Waals surface area contributed by atoms with Gasteiger partial charge in [-0.2, -0.15) is 0 Å². The Morgan fingerprint density at radius 1 is 1.08 bits per heavy atom. The molecule has 0 aromatic carbocycles. The van der Waals surface area contributed by atoms with E-state index in [9.17, 15) is 14.7 Å². The van der Waals surface area contributed by atoms with Crippen molar-refractivity contribution in [1.82, 2.24) is 0 Å². The van der Waals surface area contributed by atoms with Gasteiger partial charge < -0.3 is 5.11 Å². The minimum Gasteiger partial charge on any atom is -0.382 e. The minimum atomic E-state index is -1.12. The van der Waals surface area contributed by atoms with Gasteiger partial charge in [0, 0.05) is 17.8 Å². The second-order valence-corrected chi connectivity index (χ2v) is 4.77. The zero-order valence-corrected chi connectivity index (χ0v) is 7.32. The van der Waals surface area contributed by atoms with Crippen LogP contribution in [0.1, 0.15) is 25.7 Å². The number of hydrogen-bond donors (Lipinski definition) is 1. The maximum atomic E-state index is 11.6. The van der Waals surface area contributed by atoms with E-state index >= 15 is 0 Å². The topological polar surface area (TPSA) is 54.4 Å². The summed E-state index contributed by atoms with van der Waals surface area (Å²) in [5.41, 5.74) is -1.12. The molecule has 13 heavy (non-hydrogen) atoms. The Morgan fingerprint density at radius 3 is 2.08 bits per heavy atom. The molecule has 4 aliphatic rings. The van der Waals surface area contributed by atoms with Crippen LogP contribution in [0.3, 0.4) is 0 Å². The van der Waals surface area contributed by atoms with Crippen LogP contribution in [0.5, 0.6) is 0 Å². The number of rotatable bonds is 0. The second kappa shape index (κ2) is 2.03. The normalized spacial score (nSPS) is 53.2. The van der Waals surface area contributed by atoms with Gasteiger partial charge in [0.25, 0.3) is 0 Å². The van der Waals surface area contributed by atoms with E-state index in [2.05, 4.69) is 0 Å². The van der Waals surface area contributed by atoms with Crippen LogP contribution in [0.25, 0.3) is 0 Å². The van der Waals surface area contributed by atoms with Crippen molar-refractivity contribution in [3.8, 4) is 0 Å². The average molecular weight is 180 g/mol. The molecule has 0 heterocycles. The van der Waals surface area contributed by atoms with Gasteiger partial charge in [-0.05, 0) is 25.7 Å². The van der Waals surface area contributed by atoms with E-state index in [1.165, 1.54) is 0 Å². The fraction of sp³-hybridized carbons (Fsp3) is 0.800. The van der Waals surface area contributed by atoms with E-state index in [1.807, 2.05) is 0 Å². The summed E-state index contributed by atoms with van der Waals surface area (Å²) < 4.78 is 0. The molecule has 4 bridgehead atoms. The van der Waals surface area contributed by atoms with E-state index < -0.39 is 5.60 Å². The summed E-state index contributed by atoms with van der Waals surface area (Å²) in [4.78, 5) is 23.2. The maximum Gasteiger partial charge on any atom is 0.167 e. The Hall–Kier alpha value is -0.700. The van der Waals surface area contributed by atoms with E-state index in [0.29, 0.717) is 31.5 Å². The first-order chi connectivity index (χ1) is 6.10. The standard InChI is InChI=1S/C10H12O3/c11-8-6-1-5-2-7(8)4-10(13,3-6)9(5)12/h5-7,13H,1-4H2. The van der Waals surface area contributed by atoms with Gasteiger partial charge in [-0.15, -0.1) is 0 Å². The molecule has 0 radical (unpaired) electrons. The fourth-order valence-corrected chi connectivity index (χ4v) is 3.41. The Morgan fingerprint density at radius 2 is 1.62 bits per heavy atom. The van der Waals surface area contributed by atoms with Crippen LogP contribution in [0.4, 0.5) is 0 Å². The molecule has 4 aliphatic carbocycles. The van der Waals surface area contributed by atoms with Crippen LogP contribution in [0, 0.1) is 17.8 Å². The molecule has 70 valence electrons. The molecule has 0 saturated heterocycles. The lowest BCUT2D eigenvalue weighted by Crippen LogP contribution is -2.61. The molecule has 2 unspecified atom stereocenters. The molecule has 0 spiro atoms. The largest absolute Gasteiger partial charge is 0.382 e. The van der Waals surface area contributed by atoms with Crippen molar-refractivity contribution in [1.29, 1.82) is 0 Å². The highest BCUT2D eigenvalue weighted by Gasteiger charge is 2.59. The molecule has 0 aromatic heterocycles. The van der Waals surface area contributed by atoms with Gasteiger partial charge in [0.15, 0.2) is 5.78 Å². The highest BCUT2D eigenvalue weighted by atomic mass is 16.3. The maximum absolute atomic E-state index is 11.6. The van der Waals surface area contributed by atoms with Gasteiger partial charge >= 0.3 is 0 Å². The zero-order chi connectivity index (χ0) is 9.22. The smallest absolute Gasteiger partial charge is 0.167 e. The number of Topliss-reactive ketones (excluding diaryl/α,β-unsaturated/α-hetero) is 2. The number of hydrogen-bond acceptors (Lipinski definition) is 3. The molecular formula is C10H12O3. The van der Waals surface area contributed by atoms with Crippen molar-refractivity contribution >= 4 is 11.6 Å². The van der Waals surface area contributed by atoms with Gasteiger partial charge in [-0.1, -0.05) is 0 Å². The summed E-state index contributed by atoms with van der Waals surface area (Å²) in [5.74, 6) is 0.265. The first kappa shape index (κ1) is 7.68. The summed E-state index contributed by atoms with van der Waals surface area (Å²) in [6.07, 6.45) is 2.21. The van der Waals surface area contributed by atoms with Gasteiger partial charge in [-0.3, -0.25) is 9.59 Å². The summed E-state index contributed by atoms with van der Waals surface area (Å²) in [5, 5.41) is 9.99. The zero-order valence-electron chi connectivity index (χ0n) is 7.32. The van der Waals surface area contributed by atoms with Crippen molar-refractivity contribution in [3.05, 3.63) is 0 Å².